The van der Waals surface area contributed by atoms with Gasteiger partial charge in [0.25, 0.3) is 0 Å². The van der Waals surface area contributed by atoms with E-state index >= 15 is 0 Å². The van der Waals surface area contributed by atoms with E-state index < -0.39 is 13.1 Å². The van der Waals surface area contributed by atoms with E-state index in [1.165, 1.54) is 0 Å². The Balaban J connectivity index is 1.41. The molecule has 5 atom stereocenters. The topological polar surface area (TPSA) is 88.0 Å². The molecule has 2 bridgehead atoms. The minimum Gasteiger partial charge on any atom is -0.493 e. The van der Waals surface area contributed by atoms with Gasteiger partial charge in [-0.15, -0.1) is 0 Å². The summed E-state index contributed by atoms with van der Waals surface area (Å²) in [7, 11) is -1.60. The van der Waals surface area contributed by atoms with Crippen LogP contribution in [0.4, 0.5) is 0 Å². The Morgan fingerprint density at radius 3 is 2.88 bits per heavy atom. The summed E-state index contributed by atoms with van der Waals surface area (Å²) in [6.07, 6.45) is 3.29. The molecule has 3 heterocycles. The van der Waals surface area contributed by atoms with Crippen LogP contribution in [0.15, 0.2) is 24.3 Å². The largest absolute Gasteiger partial charge is 0.493 e. The number of nitrogens with one attached hydrogen (secondary N) is 1. The molecule has 1 amide bonds. The summed E-state index contributed by atoms with van der Waals surface area (Å²) in [6, 6.07) is 7.75. The number of carbonyl (C=O) groups is 1. The van der Waals surface area contributed by atoms with Crippen LogP contribution in [0.25, 0.3) is 0 Å². The zero-order valence-corrected chi connectivity index (χ0v) is 13.4. The van der Waals surface area contributed by atoms with Crippen molar-refractivity contribution in [3.8, 4) is 5.75 Å². The van der Waals surface area contributed by atoms with Crippen molar-refractivity contribution < 1.29 is 24.3 Å². The first-order valence-electron chi connectivity index (χ1n) is 8.65. The number of para-hydroxylation sites is 1. The number of benzene rings is 1. The first-order valence-corrected chi connectivity index (χ1v) is 8.65. The predicted octanol–water partition coefficient (Wildman–Crippen LogP) is 0.617. The summed E-state index contributed by atoms with van der Waals surface area (Å²) in [5, 5.41) is 22.3. The van der Waals surface area contributed by atoms with Crippen LogP contribution in [0.1, 0.15) is 37.2 Å². The second-order valence-electron chi connectivity index (χ2n) is 7.03. The SMILES string of the molecule is O=C(N[C@@H](C[C@@H]1COc2ccccc21)B(O)O)[C@H]1C[C@H]2CC[C@@H]1O2. The molecule has 0 unspecified atom stereocenters. The van der Waals surface area contributed by atoms with Crippen molar-refractivity contribution in [3.05, 3.63) is 29.8 Å². The number of rotatable bonds is 5. The molecule has 4 rings (SSSR count). The quantitative estimate of drug-likeness (QED) is 0.689. The Morgan fingerprint density at radius 1 is 1.33 bits per heavy atom. The third kappa shape index (κ3) is 2.92. The smallest absolute Gasteiger partial charge is 0.475 e. The van der Waals surface area contributed by atoms with Gasteiger partial charge in [-0.25, -0.2) is 0 Å². The molecular formula is C17H22BNO5. The van der Waals surface area contributed by atoms with Crippen LogP contribution >= 0.6 is 0 Å². The molecular weight excluding hydrogens is 309 g/mol. The molecule has 0 aliphatic carbocycles. The average molecular weight is 331 g/mol. The van der Waals surface area contributed by atoms with E-state index in [-0.39, 0.29) is 30.0 Å². The maximum absolute atomic E-state index is 12.5. The Morgan fingerprint density at radius 2 is 2.17 bits per heavy atom. The van der Waals surface area contributed by atoms with Gasteiger partial charge in [0, 0.05) is 11.5 Å². The minimum absolute atomic E-state index is 0.0120. The molecule has 0 radical (unpaired) electrons. The number of ether oxygens (including phenoxy) is 2. The molecule has 128 valence electrons. The second-order valence-corrected chi connectivity index (χ2v) is 7.03. The fourth-order valence-corrected chi connectivity index (χ4v) is 4.19. The highest BCUT2D eigenvalue weighted by Gasteiger charge is 2.45. The molecule has 3 aliphatic rings. The van der Waals surface area contributed by atoms with Gasteiger partial charge in [0.05, 0.1) is 30.7 Å². The fraction of sp³-hybridized carbons (Fsp3) is 0.588. The van der Waals surface area contributed by atoms with Crippen molar-refractivity contribution in [1.29, 1.82) is 0 Å². The van der Waals surface area contributed by atoms with Crippen LogP contribution in [-0.2, 0) is 9.53 Å². The minimum atomic E-state index is -1.60. The van der Waals surface area contributed by atoms with E-state index in [9.17, 15) is 14.8 Å². The van der Waals surface area contributed by atoms with E-state index in [1.807, 2.05) is 24.3 Å². The summed E-state index contributed by atoms with van der Waals surface area (Å²) >= 11 is 0. The van der Waals surface area contributed by atoms with Crippen LogP contribution in [0.5, 0.6) is 5.75 Å². The van der Waals surface area contributed by atoms with Crippen LogP contribution in [-0.4, -0.2) is 47.8 Å². The normalized spacial score (nSPS) is 31.4. The molecule has 0 spiro atoms. The highest BCUT2D eigenvalue weighted by atomic mass is 16.5. The Hall–Kier alpha value is -1.57. The van der Waals surface area contributed by atoms with Crippen LogP contribution < -0.4 is 10.1 Å². The van der Waals surface area contributed by atoms with Crippen molar-refractivity contribution in [1.82, 2.24) is 5.32 Å². The summed E-state index contributed by atoms with van der Waals surface area (Å²) < 4.78 is 11.4. The lowest BCUT2D eigenvalue weighted by molar-refractivity contribution is -0.127. The maximum Gasteiger partial charge on any atom is 0.475 e. The van der Waals surface area contributed by atoms with Gasteiger partial charge < -0.3 is 24.8 Å². The molecule has 0 saturated carbocycles. The van der Waals surface area contributed by atoms with Gasteiger partial charge in [-0.3, -0.25) is 4.79 Å². The van der Waals surface area contributed by atoms with Gasteiger partial charge in [0.1, 0.15) is 5.75 Å². The molecule has 6 nitrogen and oxygen atoms in total. The Kier molecular flexibility index (Phi) is 4.24. The Labute approximate surface area is 141 Å². The van der Waals surface area contributed by atoms with Gasteiger partial charge in [-0.2, -0.15) is 0 Å². The van der Waals surface area contributed by atoms with Gasteiger partial charge in [0.15, 0.2) is 0 Å². The average Bonchev–Trinajstić information content (AvgIpc) is 3.29. The van der Waals surface area contributed by atoms with Gasteiger partial charge in [-0.1, -0.05) is 18.2 Å². The number of amides is 1. The second kappa shape index (κ2) is 6.39. The summed E-state index contributed by atoms with van der Waals surface area (Å²) in [6.45, 7) is 0.496. The van der Waals surface area contributed by atoms with E-state index in [4.69, 9.17) is 9.47 Å². The van der Waals surface area contributed by atoms with Crippen molar-refractivity contribution in [2.75, 3.05) is 6.61 Å². The van der Waals surface area contributed by atoms with Crippen molar-refractivity contribution >= 4 is 13.0 Å². The van der Waals surface area contributed by atoms with Crippen LogP contribution in [0, 0.1) is 5.92 Å². The van der Waals surface area contributed by atoms with Gasteiger partial charge in [-0.05, 0) is 31.7 Å². The first kappa shape index (κ1) is 15.9. The Bertz CT molecular complexity index is 625. The third-order valence-electron chi connectivity index (χ3n) is 5.47. The van der Waals surface area contributed by atoms with E-state index in [1.54, 1.807) is 0 Å². The van der Waals surface area contributed by atoms with Crippen LogP contribution in [0.2, 0.25) is 0 Å². The standard InChI is InChI=1S/C17H22BNO5/c20-17(13-8-11-5-6-15(13)24-11)19-16(18(21)22)7-10-9-23-14-4-2-1-3-12(10)14/h1-4,10-11,13,15-16,21-22H,5-9H2,(H,19,20)/t10-,11-,13+,15+,16+/m1/s1. The highest BCUT2D eigenvalue weighted by Crippen LogP contribution is 2.39. The summed E-state index contributed by atoms with van der Waals surface area (Å²) in [5.74, 6) is -0.132. The molecule has 7 heteroatoms. The lowest BCUT2D eigenvalue weighted by Gasteiger charge is -2.24. The number of fused-ring (bicyclic) bond motifs is 3. The van der Waals surface area contributed by atoms with Gasteiger partial charge in [0.2, 0.25) is 5.91 Å². The van der Waals surface area contributed by atoms with Gasteiger partial charge >= 0.3 is 7.12 Å². The van der Waals surface area contributed by atoms with Crippen molar-refractivity contribution in [3.63, 3.8) is 0 Å². The lowest BCUT2D eigenvalue weighted by Crippen LogP contribution is -2.50. The molecule has 0 aromatic heterocycles. The maximum atomic E-state index is 12.5. The van der Waals surface area contributed by atoms with Crippen molar-refractivity contribution in [2.45, 2.75) is 49.8 Å². The molecule has 24 heavy (non-hydrogen) atoms. The molecule has 1 aromatic carbocycles. The summed E-state index contributed by atoms with van der Waals surface area (Å²) in [4.78, 5) is 12.5. The lowest BCUT2D eigenvalue weighted by atomic mass is 9.73. The monoisotopic (exact) mass is 331 g/mol. The van der Waals surface area contributed by atoms with E-state index in [0.29, 0.717) is 13.0 Å². The molecule has 3 aliphatic heterocycles. The predicted molar refractivity (Wildman–Crippen MR) is 87.4 cm³/mol. The molecule has 2 saturated heterocycles. The number of hydrogen-bond acceptors (Lipinski definition) is 5. The van der Waals surface area contributed by atoms with E-state index in [0.717, 1.165) is 30.6 Å². The van der Waals surface area contributed by atoms with Crippen molar-refractivity contribution in [2.24, 2.45) is 5.92 Å². The zero-order chi connectivity index (χ0) is 16.7. The zero-order valence-electron chi connectivity index (χ0n) is 13.4. The fourth-order valence-electron chi connectivity index (χ4n) is 4.19. The number of hydrogen-bond donors (Lipinski definition) is 3. The third-order valence-corrected chi connectivity index (χ3v) is 5.47. The van der Waals surface area contributed by atoms with E-state index in [2.05, 4.69) is 5.32 Å². The van der Waals surface area contributed by atoms with Crippen LogP contribution in [0.3, 0.4) is 0 Å². The highest BCUT2D eigenvalue weighted by molar-refractivity contribution is 6.43. The number of carbonyl (C=O) groups excluding carboxylic acids is 1. The molecule has 1 aromatic rings. The molecule has 2 fully saturated rings. The molecule has 3 N–H and O–H groups in total. The summed E-state index contributed by atoms with van der Waals surface area (Å²) in [5.41, 5.74) is 1.06. The first-order chi connectivity index (χ1) is 11.6.